The van der Waals surface area contributed by atoms with E-state index in [0.29, 0.717) is 18.7 Å². The number of likely N-dealkylation sites (tertiary alicyclic amines) is 2. The number of nitrogens with zero attached hydrogens (tertiary/aromatic N) is 3. The fourth-order valence-electron chi connectivity index (χ4n) is 5.15. The molecule has 4 rings (SSSR count). The van der Waals surface area contributed by atoms with Crippen LogP contribution in [0.1, 0.15) is 57.4 Å². The van der Waals surface area contributed by atoms with Gasteiger partial charge in [-0.1, -0.05) is 12.5 Å². The lowest BCUT2D eigenvalue weighted by Gasteiger charge is -2.31. The van der Waals surface area contributed by atoms with Crippen molar-refractivity contribution < 1.29 is 13.6 Å². The van der Waals surface area contributed by atoms with Crippen molar-refractivity contribution in [1.29, 1.82) is 0 Å². The first-order valence-corrected chi connectivity index (χ1v) is 12.4. The molecule has 1 aromatic carbocycles. The lowest BCUT2D eigenvalue weighted by Crippen LogP contribution is -2.41. The van der Waals surface area contributed by atoms with E-state index in [0.717, 1.165) is 56.7 Å². The Labute approximate surface area is 195 Å². The number of allylic oxidation sites excluding steroid dienone is 1. The summed E-state index contributed by atoms with van der Waals surface area (Å²) in [4.78, 5) is 22.0. The van der Waals surface area contributed by atoms with Crippen LogP contribution in [0.5, 0.6) is 0 Å². The Morgan fingerprint density at radius 1 is 1.06 bits per heavy atom. The zero-order valence-electron chi connectivity index (χ0n) is 19.7. The molecule has 0 aromatic heterocycles. The first-order chi connectivity index (χ1) is 16.0. The summed E-state index contributed by atoms with van der Waals surface area (Å²) in [5.74, 6) is -0.877. The molecule has 0 unspecified atom stereocenters. The van der Waals surface area contributed by atoms with Crippen molar-refractivity contribution in [2.45, 2.75) is 51.9 Å². The molecule has 0 radical (unpaired) electrons. The lowest BCUT2D eigenvalue weighted by molar-refractivity contribution is -0.126. The molecule has 0 atom stereocenters. The van der Waals surface area contributed by atoms with Gasteiger partial charge in [0.2, 0.25) is 5.91 Å². The summed E-state index contributed by atoms with van der Waals surface area (Å²) in [5, 5.41) is 3.14. The molecule has 180 valence electrons. The molecule has 1 N–H and O–H groups in total. The highest BCUT2D eigenvalue weighted by atomic mass is 19.1. The van der Waals surface area contributed by atoms with E-state index < -0.39 is 11.6 Å². The molecule has 33 heavy (non-hydrogen) atoms. The summed E-state index contributed by atoms with van der Waals surface area (Å²) < 4.78 is 28.3. The van der Waals surface area contributed by atoms with E-state index in [4.69, 9.17) is 0 Å². The van der Waals surface area contributed by atoms with Gasteiger partial charge in [-0.3, -0.25) is 14.7 Å². The summed E-state index contributed by atoms with van der Waals surface area (Å²) in [6.07, 6.45) is 7.11. The number of carbonyl (C=O) groups is 1. The van der Waals surface area contributed by atoms with Crippen molar-refractivity contribution in [3.8, 4) is 0 Å². The van der Waals surface area contributed by atoms with Crippen LogP contribution in [0.4, 0.5) is 8.78 Å². The van der Waals surface area contributed by atoms with Gasteiger partial charge in [-0.05, 0) is 89.5 Å². The third-order valence-electron chi connectivity index (χ3n) is 7.18. The van der Waals surface area contributed by atoms with Crippen molar-refractivity contribution in [2.75, 3.05) is 45.8 Å². The number of nitrogens with one attached hydrogen (secondary N) is 1. The van der Waals surface area contributed by atoms with Crippen molar-refractivity contribution >= 4 is 11.6 Å². The van der Waals surface area contributed by atoms with Gasteiger partial charge >= 0.3 is 0 Å². The number of carbonyl (C=O) groups excluding carboxylic acids is 1. The Morgan fingerprint density at radius 3 is 2.45 bits per heavy atom. The van der Waals surface area contributed by atoms with Crippen LogP contribution >= 0.6 is 0 Å². The Balaban J connectivity index is 1.20. The van der Waals surface area contributed by atoms with Crippen LogP contribution in [-0.2, 0) is 4.79 Å². The van der Waals surface area contributed by atoms with Gasteiger partial charge in [0.05, 0.1) is 17.0 Å². The average molecular weight is 459 g/mol. The monoisotopic (exact) mass is 458 g/mol. The predicted octanol–water partition coefficient (Wildman–Crippen LogP) is 4.14. The first kappa shape index (κ1) is 24.0. The SMILES string of the molecule is CC1=C(CN2CCC(C(=O)NCCCN3CCCCC3)CC2)N=C(c2c(F)cccc2F)C1. The summed E-state index contributed by atoms with van der Waals surface area (Å²) >= 11 is 0. The van der Waals surface area contributed by atoms with E-state index in [1.54, 1.807) is 0 Å². The zero-order chi connectivity index (χ0) is 23.2. The minimum absolute atomic E-state index is 0.0116. The van der Waals surface area contributed by atoms with Gasteiger partial charge in [-0.15, -0.1) is 0 Å². The number of aliphatic imine (C=N–C) groups is 1. The third-order valence-corrected chi connectivity index (χ3v) is 7.18. The van der Waals surface area contributed by atoms with Crippen molar-refractivity contribution in [3.63, 3.8) is 0 Å². The van der Waals surface area contributed by atoms with Crippen molar-refractivity contribution in [2.24, 2.45) is 10.9 Å². The normalized spacial score (nSPS) is 20.9. The number of halogens is 2. The maximum absolute atomic E-state index is 14.1. The van der Waals surface area contributed by atoms with Gasteiger partial charge in [0.15, 0.2) is 0 Å². The maximum atomic E-state index is 14.1. The molecular formula is C26H36F2N4O. The minimum atomic E-state index is -0.564. The Bertz CT molecular complexity index is 879. The average Bonchev–Trinajstić information content (AvgIpc) is 3.17. The molecule has 7 heteroatoms. The van der Waals surface area contributed by atoms with E-state index in [1.165, 1.54) is 50.6 Å². The van der Waals surface area contributed by atoms with E-state index in [9.17, 15) is 13.6 Å². The van der Waals surface area contributed by atoms with Crippen LogP contribution in [0.3, 0.4) is 0 Å². The zero-order valence-corrected chi connectivity index (χ0v) is 19.7. The molecule has 1 amide bonds. The lowest BCUT2D eigenvalue weighted by atomic mass is 9.95. The summed E-state index contributed by atoms with van der Waals surface area (Å²) in [5.41, 5.74) is 2.41. The number of rotatable bonds is 8. The minimum Gasteiger partial charge on any atom is -0.356 e. The van der Waals surface area contributed by atoms with Gasteiger partial charge in [0.25, 0.3) is 0 Å². The molecule has 5 nitrogen and oxygen atoms in total. The predicted molar refractivity (Wildman–Crippen MR) is 127 cm³/mol. The topological polar surface area (TPSA) is 47.9 Å². The molecular weight excluding hydrogens is 422 g/mol. The van der Waals surface area contributed by atoms with Gasteiger partial charge in [-0.25, -0.2) is 8.78 Å². The van der Waals surface area contributed by atoms with Crippen molar-refractivity contribution in [3.05, 3.63) is 46.7 Å². The maximum Gasteiger partial charge on any atom is 0.223 e. The highest BCUT2D eigenvalue weighted by Gasteiger charge is 2.27. The van der Waals surface area contributed by atoms with Crippen LogP contribution in [0.15, 0.2) is 34.5 Å². The first-order valence-electron chi connectivity index (χ1n) is 12.4. The number of hydrogen-bond acceptors (Lipinski definition) is 4. The molecule has 3 aliphatic heterocycles. The van der Waals surface area contributed by atoms with Gasteiger partial charge in [-0.2, -0.15) is 0 Å². The van der Waals surface area contributed by atoms with Gasteiger partial charge in [0, 0.05) is 25.4 Å². The molecule has 0 saturated carbocycles. The summed E-state index contributed by atoms with van der Waals surface area (Å²) in [6, 6.07) is 3.93. The van der Waals surface area contributed by atoms with Crippen molar-refractivity contribution in [1.82, 2.24) is 15.1 Å². The Morgan fingerprint density at radius 2 is 1.76 bits per heavy atom. The molecule has 0 aliphatic carbocycles. The van der Waals surface area contributed by atoms with Crippen LogP contribution in [-0.4, -0.2) is 67.2 Å². The molecule has 0 bridgehead atoms. The van der Waals surface area contributed by atoms with Crippen LogP contribution in [0.2, 0.25) is 0 Å². The molecule has 2 fully saturated rings. The van der Waals surface area contributed by atoms with Gasteiger partial charge in [0.1, 0.15) is 11.6 Å². The standard InChI is InChI=1S/C26H36F2N4O/c1-19-17-23(25-21(27)7-5-8-22(25)28)30-24(19)18-32-15-9-20(10-16-32)26(33)29-11-6-14-31-12-3-2-4-13-31/h5,7-8,20H,2-4,6,9-18H2,1H3,(H,29,33). The smallest absolute Gasteiger partial charge is 0.223 e. The third kappa shape index (κ3) is 6.27. The highest BCUT2D eigenvalue weighted by Crippen LogP contribution is 2.28. The van der Waals surface area contributed by atoms with E-state index in [2.05, 4.69) is 20.1 Å². The van der Waals surface area contributed by atoms with Crippen LogP contribution in [0, 0.1) is 17.6 Å². The van der Waals surface area contributed by atoms with E-state index >= 15 is 0 Å². The largest absolute Gasteiger partial charge is 0.356 e. The summed E-state index contributed by atoms with van der Waals surface area (Å²) in [6.45, 7) is 8.54. The quantitative estimate of drug-likeness (QED) is 0.596. The number of piperidine rings is 2. The van der Waals surface area contributed by atoms with E-state index in [1.807, 2.05) is 6.92 Å². The fourth-order valence-corrected chi connectivity index (χ4v) is 5.15. The second-order valence-corrected chi connectivity index (χ2v) is 9.66. The fraction of sp³-hybridized carbons (Fsp3) is 0.615. The van der Waals surface area contributed by atoms with E-state index in [-0.39, 0.29) is 17.4 Å². The molecule has 2 saturated heterocycles. The molecule has 3 aliphatic rings. The van der Waals surface area contributed by atoms with Crippen LogP contribution in [0.25, 0.3) is 0 Å². The highest BCUT2D eigenvalue weighted by molar-refractivity contribution is 6.04. The summed E-state index contributed by atoms with van der Waals surface area (Å²) in [7, 11) is 0. The number of hydrogen-bond donors (Lipinski definition) is 1. The van der Waals surface area contributed by atoms with Gasteiger partial charge < -0.3 is 10.2 Å². The Kier molecular flexibility index (Phi) is 8.25. The number of amides is 1. The second kappa shape index (κ2) is 11.3. The molecule has 0 spiro atoms. The Hall–Kier alpha value is -2.12. The second-order valence-electron chi connectivity index (χ2n) is 9.66. The number of benzene rings is 1. The molecule has 1 aromatic rings. The van der Waals surface area contributed by atoms with Crippen LogP contribution < -0.4 is 5.32 Å². The molecule has 3 heterocycles.